The largest absolute Gasteiger partial charge is 0.497 e. The molecular formula is C22H22N2O4. The fourth-order valence-corrected chi connectivity index (χ4v) is 3.49. The molecule has 1 aliphatic heterocycles. The molecule has 4 rings (SSSR count). The normalized spacial score (nSPS) is 16.2. The molecule has 0 bridgehead atoms. The number of para-hydroxylation sites is 1. The minimum Gasteiger partial charge on any atom is -0.497 e. The van der Waals surface area contributed by atoms with Crippen LogP contribution in [0.1, 0.15) is 18.4 Å². The summed E-state index contributed by atoms with van der Waals surface area (Å²) < 4.78 is 10.8. The fourth-order valence-electron chi connectivity index (χ4n) is 3.49. The Hall–Kier alpha value is -3.12. The number of rotatable bonds is 5. The molecule has 1 fully saturated rings. The number of carbonyl (C=O) groups excluding carboxylic acids is 1. The monoisotopic (exact) mass is 378 g/mol. The zero-order valence-corrected chi connectivity index (χ0v) is 15.7. The third kappa shape index (κ3) is 3.64. The van der Waals surface area contributed by atoms with Crippen LogP contribution < -0.4 is 15.2 Å². The van der Waals surface area contributed by atoms with Crippen molar-refractivity contribution in [3.05, 3.63) is 70.5 Å². The van der Waals surface area contributed by atoms with Gasteiger partial charge in [0, 0.05) is 23.9 Å². The number of benzene rings is 2. The molecule has 144 valence electrons. The van der Waals surface area contributed by atoms with E-state index in [0.29, 0.717) is 29.9 Å². The van der Waals surface area contributed by atoms with Gasteiger partial charge in [-0.1, -0.05) is 18.2 Å². The average molecular weight is 378 g/mol. The number of pyridine rings is 1. The molecule has 1 aliphatic rings. The highest BCUT2D eigenvalue weighted by Crippen LogP contribution is 2.23. The minimum atomic E-state index is -0.455. The third-order valence-electron chi connectivity index (χ3n) is 5.00. The number of aromatic amines is 1. The van der Waals surface area contributed by atoms with Gasteiger partial charge in [-0.15, -0.1) is 0 Å². The van der Waals surface area contributed by atoms with Crippen molar-refractivity contribution in [1.82, 2.24) is 4.98 Å². The maximum absolute atomic E-state index is 13.1. The minimum absolute atomic E-state index is 0.113. The molecule has 1 saturated heterocycles. The van der Waals surface area contributed by atoms with Crippen LogP contribution in [0.3, 0.4) is 0 Å². The van der Waals surface area contributed by atoms with Crippen LogP contribution in [-0.4, -0.2) is 30.7 Å². The number of carbonyl (C=O) groups is 1. The van der Waals surface area contributed by atoms with Gasteiger partial charge < -0.3 is 19.4 Å². The number of hydrogen-bond acceptors (Lipinski definition) is 4. The van der Waals surface area contributed by atoms with Crippen molar-refractivity contribution < 1.29 is 14.3 Å². The first-order valence-corrected chi connectivity index (χ1v) is 9.33. The van der Waals surface area contributed by atoms with Gasteiger partial charge in [0.05, 0.1) is 19.2 Å². The van der Waals surface area contributed by atoms with Crippen LogP contribution in [-0.2, 0) is 16.1 Å². The molecule has 28 heavy (non-hydrogen) atoms. The summed E-state index contributed by atoms with van der Waals surface area (Å²) >= 11 is 0. The van der Waals surface area contributed by atoms with E-state index in [9.17, 15) is 9.59 Å². The van der Waals surface area contributed by atoms with Gasteiger partial charge in [-0.3, -0.25) is 9.59 Å². The SMILES string of the molecule is COc1ccc2cc(CN(C(=O)C3CCCO3)c3ccccc3)c(=O)[nH]c2c1. The lowest BCUT2D eigenvalue weighted by molar-refractivity contribution is -0.127. The van der Waals surface area contributed by atoms with Gasteiger partial charge in [-0.25, -0.2) is 0 Å². The first-order valence-electron chi connectivity index (χ1n) is 9.33. The van der Waals surface area contributed by atoms with Crippen molar-refractivity contribution in [2.24, 2.45) is 0 Å². The van der Waals surface area contributed by atoms with Gasteiger partial charge in [0.1, 0.15) is 11.9 Å². The highest BCUT2D eigenvalue weighted by atomic mass is 16.5. The third-order valence-corrected chi connectivity index (χ3v) is 5.00. The lowest BCUT2D eigenvalue weighted by atomic mass is 10.1. The second kappa shape index (κ2) is 7.86. The summed E-state index contributed by atoms with van der Waals surface area (Å²) in [5.41, 5.74) is 1.75. The van der Waals surface area contributed by atoms with Crippen LogP contribution in [0, 0.1) is 0 Å². The average Bonchev–Trinajstić information content (AvgIpc) is 3.27. The molecule has 6 nitrogen and oxygen atoms in total. The number of anilines is 1. The number of H-pyrrole nitrogens is 1. The zero-order chi connectivity index (χ0) is 19.5. The summed E-state index contributed by atoms with van der Waals surface area (Å²) in [6, 6.07) is 16.7. The molecule has 6 heteroatoms. The molecule has 2 aromatic carbocycles. The molecule has 0 saturated carbocycles. The van der Waals surface area contributed by atoms with Crippen molar-refractivity contribution in [1.29, 1.82) is 0 Å². The van der Waals surface area contributed by atoms with E-state index in [0.717, 1.165) is 17.5 Å². The van der Waals surface area contributed by atoms with Crippen molar-refractivity contribution >= 4 is 22.5 Å². The van der Waals surface area contributed by atoms with Crippen LogP contribution in [0.4, 0.5) is 5.69 Å². The van der Waals surface area contributed by atoms with Gasteiger partial charge >= 0.3 is 0 Å². The number of methoxy groups -OCH3 is 1. The smallest absolute Gasteiger partial charge is 0.256 e. The summed E-state index contributed by atoms with van der Waals surface area (Å²) in [4.78, 5) is 30.3. The van der Waals surface area contributed by atoms with E-state index in [-0.39, 0.29) is 18.0 Å². The highest BCUT2D eigenvalue weighted by Gasteiger charge is 2.29. The van der Waals surface area contributed by atoms with E-state index >= 15 is 0 Å². The molecule has 1 unspecified atom stereocenters. The van der Waals surface area contributed by atoms with E-state index < -0.39 is 6.10 Å². The van der Waals surface area contributed by atoms with Crippen LogP contribution in [0.15, 0.2) is 59.4 Å². The Labute approximate surface area is 162 Å². The molecular weight excluding hydrogens is 356 g/mol. The summed E-state index contributed by atoms with van der Waals surface area (Å²) in [6.45, 7) is 0.775. The predicted octanol–water partition coefficient (Wildman–Crippen LogP) is 3.25. The zero-order valence-electron chi connectivity index (χ0n) is 15.7. The highest BCUT2D eigenvalue weighted by molar-refractivity contribution is 5.96. The predicted molar refractivity (Wildman–Crippen MR) is 108 cm³/mol. The van der Waals surface area contributed by atoms with Crippen LogP contribution >= 0.6 is 0 Å². The second-order valence-corrected chi connectivity index (χ2v) is 6.84. The molecule has 1 N–H and O–H groups in total. The number of fused-ring (bicyclic) bond motifs is 1. The number of ether oxygens (including phenoxy) is 2. The van der Waals surface area contributed by atoms with E-state index in [1.165, 1.54) is 0 Å². The van der Waals surface area contributed by atoms with Gasteiger partial charge in [-0.2, -0.15) is 0 Å². The standard InChI is InChI=1S/C22H22N2O4/c1-27-18-10-9-15-12-16(21(25)23-19(15)13-18)14-24(17-6-3-2-4-7-17)22(26)20-8-5-11-28-20/h2-4,6-7,9-10,12-13,20H,5,8,11,14H2,1H3,(H,23,25). The Balaban J connectivity index is 1.71. The Morgan fingerprint density at radius 3 is 2.75 bits per heavy atom. The Morgan fingerprint density at radius 2 is 2.04 bits per heavy atom. The van der Waals surface area contributed by atoms with Gasteiger partial charge in [-0.05, 0) is 48.6 Å². The first-order chi connectivity index (χ1) is 13.7. The second-order valence-electron chi connectivity index (χ2n) is 6.84. The quantitative estimate of drug-likeness (QED) is 0.740. The van der Waals surface area contributed by atoms with Gasteiger partial charge in [0.15, 0.2) is 0 Å². The molecule has 1 aromatic heterocycles. The first kappa shape index (κ1) is 18.3. The topological polar surface area (TPSA) is 71.6 Å². The van der Waals surface area contributed by atoms with Crippen molar-refractivity contribution in [3.63, 3.8) is 0 Å². The Kier molecular flexibility index (Phi) is 5.12. The number of nitrogens with one attached hydrogen (secondary N) is 1. The molecule has 0 radical (unpaired) electrons. The van der Waals surface area contributed by atoms with Crippen molar-refractivity contribution in [2.45, 2.75) is 25.5 Å². The number of nitrogens with zero attached hydrogens (tertiary/aromatic N) is 1. The number of hydrogen-bond donors (Lipinski definition) is 1. The van der Waals surface area contributed by atoms with Crippen molar-refractivity contribution in [2.75, 3.05) is 18.6 Å². The van der Waals surface area contributed by atoms with Crippen LogP contribution in [0.25, 0.3) is 10.9 Å². The van der Waals surface area contributed by atoms with E-state index in [1.54, 1.807) is 18.1 Å². The van der Waals surface area contributed by atoms with Gasteiger partial charge in [0.25, 0.3) is 11.5 Å². The lowest BCUT2D eigenvalue weighted by Crippen LogP contribution is -2.39. The molecule has 1 amide bonds. The lowest BCUT2D eigenvalue weighted by Gasteiger charge is -2.25. The Morgan fingerprint density at radius 1 is 1.21 bits per heavy atom. The maximum Gasteiger partial charge on any atom is 0.256 e. The van der Waals surface area contributed by atoms with Crippen LogP contribution in [0.5, 0.6) is 5.75 Å². The van der Waals surface area contributed by atoms with Crippen LogP contribution in [0.2, 0.25) is 0 Å². The summed E-state index contributed by atoms with van der Waals surface area (Å²) in [7, 11) is 1.59. The molecule has 0 spiro atoms. The van der Waals surface area contributed by atoms with E-state index in [1.807, 2.05) is 48.5 Å². The maximum atomic E-state index is 13.1. The molecule has 3 aromatic rings. The van der Waals surface area contributed by atoms with E-state index in [2.05, 4.69) is 4.98 Å². The molecule has 0 aliphatic carbocycles. The summed E-state index contributed by atoms with van der Waals surface area (Å²) in [5, 5.41) is 0.882. The number of amides is 1. The fraction of sp³-hybridized carbons (Fsp3) is 0.273. The van der Waals surface area contributed by atoms with Gasteiger partial charge in [0.2, 0.25) is 0 Å². The summed E-state index contributed by atoms with van der Waals surface area (Å²) in [5.74, 6) is 0.563. The van der Waals surface area contributed by atoms with E-state index in [4.69, 9.17) is 9.47 Å². The molecule has 2 heterocycles. The number of aromatic nitrogens is 1. The molecule has 1 atom stereocenters. The summed E-state index contributed by atoms with van der Waals surface area (Å²) in [6.07, 6.45) is 1.12. The van der Waals surface area contributed by atoms with Crippen molar-refractivity contribution in [3.8, 4) is 5.75 Å². The Bertz CT molecular complexity index is 1040.